The molecule has 1 amide bonds. The molecule has 0 aliphatic rings. The van der Waals surface area contributed by atoms with Crippen molar-refractivity contribution in [1.29, 1.82) is 0 Å². The monoisotopic (exact) mass is 431 g/mol. The molecule has 0 radical (unpaired) electrons. The van der Waals surface area contributed by atoms with Crippen LogP contribution in [-0.2, 0) is 21.4 Å². The molecule has 0 bridgehead atoms. The van der Waals surface area contributed by atoms with Gasteiger partial charge in [-0.3, -0.25) is 9.78 Å². The number of benzene rings is 1. The predicted octanol–water partition coefficient (Wildman–Crippen LogP) is 1.64. The number of aromatic nitrogens is 4. The zero-order valence-corrected chi connectivity index (χ0v) is 17.2. The van der Waals surface area contributed by atoms with Crippen molar-refractivity contribution >= 4 is 15.9 Å². The van der Waals surface area contributed by atoms with Crippen LogP contribution in [0.4, 0.5) is 4.39 Å². The molecule has 0 saturated heterocycles. The van der Waals surface area contributed by atoms with Crippen LogP contribution >= 0.6 is 0 Å². The first-order chi connectivity index (χ1) is 14.1. The van der Waals surface area contributed by atoms with Gasteiger partial charge in [-0.25, -0.2) is 22.6 Å². The molecule has 3 N–H and O–H groups in total. The molecule has 0 unspecified atom stereocenters. The van der Waals surface area contributed by atoms with Gasteiger partial charge in [0.05, 0.1) is 23.3 Å². The fourth-order valence-electron chi connectivity index (χ4n) is 2.92. The van der Waals surface area contributed by atoms with Crippen molar-refractivity contribution in [2.75, 3.05) is 0 Å². The minimum Gasteiger partial charge on any atom is -0.349 e. The van der Waals surface area contributed by atoms with Crippen molar-refractivity contribution in [2.45, 2.75) is 31.3 Å². The Labute approximate surface area is 173 Å². The van der Waals surface area contributed by atoms with Crippen LogP contribution in [0.5, 0.6) is 0 Å². The number of carbonyl (C=O) groups excluding carboxylic acids is 1. The average Bonchev–Trinajstić information content (AvgIpc) is 3.15. The maximum Gasteiger partial charge on any atom is 0.245 e. The van der Waals surface area contributed by atoms with E-state index in [1.165, 1.54) is 35.1 Å². The molecule has 1 atom stereocenters. The molecule has 0 saturated carbocycles. The lowest BCUT2D eigenvalue weighted by atomic mass is 10.0. The van der Waals surface area contributed by atoms with E-state index >= 15 is 0 Å². The van der Waals surface area contributed by atoms with Gasteiger partial charge in [0.25, 0.3) is 0 Å². The molecule has 30 heavy (non-hydrogen) atoms. The summed E-state index contributed by atoms with van der Waals surface area (Å²) in [6.45, 7) is 3.82. The van der Waals surface area contributed by atoms with E-state index in [4.69, 9.17) is 5.14 Å². The number of nitrogens with zero attached hydrogens (tertiary/aromatic N) is 4. The number of rotatable bonds is 7. The van der Waals surface area contributed by atoms with Crippen LogP contribution in [0.15, 0.2) is 53.7 Å². The first kappa shape index (κ1) is 21.5. The Morgan fingerprint density at radius 2 is 1.93 bits per heavy atom. The number of nitrogens with one attached hydrogen (secondary N) is 1. The highest BCUT2D eigenvalue weighted by Gasteiger charge is 2.26. The Balaban J connectivity index is 1.77. The topological polar surface area (TPSA) is 133 Å². The third-order valence-corrected chi connectivity index (χ3v) is 5.33. The van der Waals surface area contributed by atoms with Crippen LogP contribution in [0.2, 0.25) is 0 Å². The quantitative estimate of drug-likeness (QED) is 0.584. The Hall–Kier alpha value is -3.18. The lowest BCUT2D eigenvalue weighted by Gasteiger charge is -2.20. The number of pyridine rings is 1. The number of primary sulfonamides is 1. The van der Waals surface area contributed by atoms with E-state index in [0.717, 1.165) is 0 Å². The van der Waals surface area contributed by atoms with E-state index < -0.39 is 21.9 Å². The van der Waals surface area contributed by atoms with E-state index in [1.807, 2.05) is 13.8 Å². The minimum atomic E-state index is -3.79. The molecule has 2 aromatic heterocycles. The largest absolute Gasteiger partial charge is 0.349 e. The molecule has 9 nitrogen and oxygen atoms in total. The second-order valence-corrected chi connectivity index (χ2v) is 8.59. The molecule has 3 rings (SSSR count). The Bertz CT molecular complexity index is 1150. The van der Waals surface area contributed by atoms with Crippen molar-refractivity contribution in [2.24, 2.45) is 11.1 Å². The second-order valence-electron chi connectivity index (χ2n) is 7.03. The van der Waals surface area contributed by atoms with E-state index in [-0.39, 0.29) is 23.3 Å². The number of amides is 1. The summed E-state index contributed by atoms with van der Waals surface area (Å²) in [5, 5.41) is 16.0. The highest BCUT2D eigenvalue weighted by molar-refractivity contribution is 7.89. The zero-order valence-electron chi connectivity index (χ0n) is 16.4. The van der Waals surface area contributed by atoms with E-state index in [2.05, 4.69) is 20.6 Å². The summed E-state index contributed by atoms with van der Waals surface area (Å²) in [5.41, 5.74) is 1.50. The van der Waals surface area contributed by atoms with Crippen molar-refractivity contribution in [3.63, 3.8) is 0 Å². The average molecular weight is 431 g/mol. The summed E-state index contributed by atoms with van der Waals surface area (Å²) in [4.78, 5) is 16.7. The van der Waals surface area contributed by atoms with Gasteiger partial charge in [0.15, 0.2) is 0 Å². The van der Waals surface area contributed by atoms with E-state index in [0.29, 0.717) is 17.0 Å². The van der Waals surface area contributed by atoms with Gasteiger partial charge >= 0.3 is 0 Å². The number of halogens is 1. The second kappa shape index (κ2) is 8.67. The van der Waals surface area contributed by atoms with Crippen LogP contribution in [0, 0.1) is 11.7 Å². The normalized spacial score (nSPS) is 12.7. The van der Waals surface area contributed by atoms with Crippen molar-refractivity contribution in [3.8, 4) is 11.3 Å². The molecule has 0 spiro atoms. The standard InChI is InChI=1S/C19H21FN6O3S/c1-12(2)18(19(27)23-10-15-9-14(20)7-8-22-15)26-11-17(24-25-26)13-3-5-16(6-4-13)30(21,28)29/h3-9,11-12,18H,10H2,1-2H3,(H,23,27)(H2,21,28,29)/t18-/m0/s1/i20-1. The Morgan fingerprint density at radius 3 is 2.53 bits per heavy atom. The number of carbonyl (C=O) groups is 1. The van der Waals surface area contributed by atoms with Crippen molar-refractivity contribution in [3.05, 3.63) is 60.3 Å². The zero-order chi connectivity index (χ0) is 21.9. The van der Waals surface area contributed by atoms with Gasteiger partial charge in [-0.05, 0) is 30.2 Å². The minimum absolute atomic E-state index is 0.0102. The van der Waals surface area contributed by atoms with Crippen molar-refractivity contribution < 1.29 is 17.6 Å². The van der Waals surface area contributed by atoms with Gasteiger partial charge in [0.1, 0.15) is 17.6 Å². The third kappa shape index (κ3) is 5.05. The van der Waals surface area contributed by atoms with Crippen LogP contribution < -0.4 is 10.5 Å². The third-order valence-electron chi connectivity index (χ3n) is 4.40. The fraction of sp³-hybridized carbons (Fsp3) is 0.263. The number of hydrogen-bond donors (Lipinski definition) is 2. The molecular formula is C19H21FN6O3S. The molecule has 3 aromatic rings. The van der Waals surface area contributed by atoms with Gasteiger partial charge in [0, 0.05) is 11.8 Å². The number of sulfonamides is 1. The highest BCUT2D eigenvalue weighted by Crippen LogP contribution is 2.22. The molecule has 0 fully saturated rings. The molecular weight excluding hydrogens is 410 g/mol. The summed E-state index contributed by atoms with van der Waals surface area (Å²) in [6.07, 6.45) is 2.94. The lowest BCUT2D eigenvalue weighted by Crippen LogP contribution is -2.35. The summed E-state index contributed by atoms with van der Waals surface area (Å²) >= 11 is 0. The maximum absolute atomic E-state index is 13.3. The molecule has 0 aliphatic heterocycles. The predicted molar refractivity (Wildman–Crippen MR) is 107 cm³/mol. The fourth-order valence-corrected chi connectivity index (χ4v) is 3.43. The Morgan fingerprint density at radius 1 is 1.23 bits per heavy atom. The number of hydrogen-bond acceptors (Lipinski definition) is 6. The SMILES string of the molecule is CC(C)[C@@H](C(=O)NCc1cc([18F])ccn1)n1cc(-c2ccc(S(N)(=O)=O)cc2)nn1. The molecule has 11 heteroatoms. The van der Waals surface area contributed by atoms with Crippen LogP contribution in [0.1, 0.15) is 25.6 Å². The van der Waals surface area contributed by atoms with Crippen LogP contribution in [0.25, 0.3) is 11.3 Å². The van der Waals surface area contributed by atoms with Crippen molar-refractivity contribution in [1.82, 2.24) is 25.3 Å². The molecule has 158 valence electrons. The molecule has 0 aliphatic carbocycles. The summed E-state index contributed by atoms with van der Waals surface area (Å²) in [5.74, 6) is -0.842. The van der Waals surface area contributed by atoms with Gasteiger partial charge in [-0.2, -0.15) is 0 Å². The van der Waals surface area contributed by atoms with E-state index in [1.54, 1.807) is 18.3 Å². The lowest BCUT2D eigenvalue weighted by molar-refractivity contribution is -0.126. The van der Waals surface area contributed by atoms with Crippen LogP contribution in [0.3, 0.4) is 0 Å². The van der Waals surface area contributed by atoms with E-state index in [9.17, 15) is 17.6 Å². The highest BCUT2D eigenvalue weighted by atomic mass is 32.2. The first-order valence-corrected chi connectivity index (χ1v) is 10.6. The number of nitrogens with two attached hydrogens (primary N) is 1. The van der Waals surface area contributed by atoms with Gasteiger partial charge < -0.3 is 5.32 Å². The Kier molecular flexibility index (Phi) is 6.22. The maximum atomic E-state index is 13.3. The van der Waals surface area contributed by atoms with Gasteiger partial charge in [-0.1, -0.05) is 31.2 Å². The first-order valence-electron chi connectivity index (χ1n) is 9.08. The smallest absolute Gasteiger partial charge is 0.245 e. The summed E-state index contributed by atoms with van der Waals surface area (Å²) < 4.78 is 37.5. The molecule has 2 heterocycles. The van der Waals surface area contributed by atoms with Crippen LogP contribution in [-0.4, -0.2) is 34.3 Å². The summed E-state index contributed by atoms with van der Waals surface area (Å²) in [6, 6.07) is 7.72. The summed E-state index contributed by atoms with van der Waals surface area (Å²) in [7, 11) is -3.79. The van der Waals surface area contributed by atoms with Gasteiger partial charge in [-0.15, -0.1) is 5.10 Å². The van der Waals surface area contributed by atoms with Gasteiger partial charge in [0.2, 0.25) is 15.9 Å². The molecule has 1 aromatic carbocycles.